The Bertz CT molecular complexity index is 346. The average molecular weight is 256 g/mol. The van der Waals surface area contributed by atoms with E-state index in [4.69, 9.17) is 4.74 Å². The van der Waals surface area contributed by atoms with Crippen molar-refractivity contribution in [3.8, 4) is 0 Å². The lowest BCUT2D eigenvalue weighted by Gasteiger charge is -2.22. The maximum Gasteiger partial charge on any atom is 0.307 e. The van der Waals surface area contributed by atoms with Crippen molar-refractivity contribution >= 4 is 17.8 Å². The molecule has 1 saturated heterocycles. The van der Waals surface area contributed by atoms with Crippen LogP contribution in [0.4, 0.5) is 0 Å². The van der Waals surface area contributed by atoms with Crippen LogP contribution in [-0.2, 0) is 19.1 Å². The number of hydrogen-bond donors (Lipinski definition) is 2. The van der Waals surface area contributed by atoms with Gasteiger partial charge in [0.2, 0.25) is 11.8 Å². The van der Waals surface area contributed by atoms with Crippen molar-refractivity contribution in [2.24, 2.45) is 0 Å². The highest BCUT2D eigenvalue weighted by Crippen LogP contribution is 2.08. The molecule has 1 aliphatic rings. The summed E-state index contributed by atoms with van der Waals surface area (Å²) < 4.78 is 5.14. The molecular weight excluding hydrogens is 236 g/mol. The largest absolute Gasteiger partial charge is 0.460 e. The predicted octanol–water partition coefficient (Wildman–Crippen LogP) is 0.113. The van der Waals surface area contributed by atoms with Crippen LogP contribution in [0.1, 0.15) is 40.0 Å². The summed E-state index contributed by atoms with van der Waals surface area (Å²) in [5.41, 5.74) is -0.494. The van der Waals surface area contributed by atoms with Crippen LogP contribution in [-0.4, -0.2) is 36.0 Å². The van der Waals surface area contributed by atoms with E-state index in [9.17, 15) is 14.4 Å². The minimum absolute atomic E-state index is 0.203. The predicted molar refractivity (Wildman–Crippen MR) is 64.6 cm³/mol. The highest BCUT2D eigenvalue weighted by Gasteiger charge is 2.26. The van der Waals surface area contributed by atoms with Gasteiger partial charge in [0.05, 0.1) is 12.5 Å². The molecule has 1 fully saturated rings. The molecule has 1 heterocycles. The number of nitrogens with one attached hydrogen (secondary N) is 2. The SMILES string of the molecule is CC(C)(C)OC(=O)CCNC1CCC(=O)NC1=O. The van der Waals surface area contributed by atoms with Crippen LogP contribution in [0, 0.1) is 0 Å². The fourth-order valence-electron chi connectivity index (χ4n) is 1.63. The highest BCUT2D eigenvalue weighted by molar-refractivity contribution is 6.00. The molecule has 6 nitrogen and oxygen atoms in total. The number of carbonyl (C=O) groups is 3. The number of esters is 1. The summed E-state index contributed by atoms with van der Waals surface area (Å²) in [7, 11) is 0. The van der Waals surface area contributed by atoms with Gasteiger partial charge in [0, 0.05) is 13.0 Å². The molecular formula is C12H20N2O4. The zero-order valence-electron chi connectivity index (χ0n) is 11.0. The molecule has 0 aromatic carbocycles. The minimum atomic E-state index is -0.494. The molecule has 0 saturated carbocycles. The number of imide groups is 1. The second kappa shape index (κ2) is 5.95. The molecule has 6 heteroatoms. The normalized spacial score (nSPS) is 20.5. The Hall–Kier alpha value is -1.43. The summed E-state index contributed by atoms with van der Waals surface area (Å²) in [5, 5.41) is 5.19. The Labute approximate surface area is 106 Å². The molecule has 102 valence electrons. The first kappa shape index (κ1) is 14.6. The fraction of sp³-hybridized carbons (Fsp3) is 0.750. The molecule has 0 aromatic heterocycles. The minimum Gasteiger partial charge on any atom is -0.460 e. The van der Waals surface area contributed by atoms with E-state index in [1.807, 2.05) is 0 Å². The molecule has 1 aliphatic heterocycles. The van der Waals surface area contributed by atoms with Crippen LogP contribution < -0.4 is 10.6 Å². The summed E-state index contributed by atoms with van der Waals surface area (Å²) in [5.74, 6) is -0.872. The third kappa shape index (κ3) is 5.27. The van der Waals surface area contributed by atoms with Crippen LogP contribution in [0.25, 0.3) is 0 Å². The second-order valence-corrected chi connectivity index (χ2v) is 5.29. The summed E-state index contributed by atoms with van der Waals surface area (Å²) >= 11 is 0. The van der Waals surface area contributed by atoms with Gasteiger partial charge in [0.1, 0.15) is 5.60 Å². The van der Waals surface area contributed by atoms with Crippen LogP contribution in [0.15, 0.2) is 0 Å². The van der Waals surface area contributed by atoms with Gasteiger partial charge in [-0.1, -0.05) is 0 Å². The first-order valence-corrected chi connectivity index (χ1v) is 6.07. The van der Waals surface area contributed by atoms with Crippen LogP contribution in [0.2, 0.25) is 0 Å². The molecule has 0 spiro atoms. The van der Waals surface area contributed by atoms with E-state index in [0.717, 1.165) is 0 Å². The highest BCUT2D eigenvalue weighted by atomic mass is 16.6. The van der Waals surface area contributed by atoms with Crippen molar-refractivity contribution in [1.29, 1.82) is 0 Å². The molecule has 18 heavy (non-hydrogen) atoms. The number of carbonyl (C=O) groups excluding carboxylic acids is 3. The number of hydrogen-bond acceptors (Lipinski definition) is 5. The van der Waals surface area contributed by atoms with Crippen molar-refractivity contribution in [3.63, 3.8) is 0 Å². The summed E-state index contributed by atoms with van der Waals surface area (Å²) in [6, 6.07) is -0.398. The third-order valence-electron chi connectivity index (χ3n) is 2.38. The van der Waals surface area contributed by atoms with Gasteiger partial charge in [-0.25, -0.2) is 0 Å². The molecule has 2 amide bonds. The van der Waals surface area contributed by atoms with Crippen LogP contribution >= 0.6 is 0 Å². The number of amides is 2. The molecule has 1 rings (SSSR count). The number of piperidine rings is 1. The van der Waals surface area contributed by atoms with Crippen molar-refractivity contribution in [3.05, 3.63) is 0 Å². The van der Waals surface area contributed by atoms with E-state index in [1.54, 1.807) is 20.8 Å². The molecule has 0 aliphatic carbocycles. The lowest BCUT2D eigenvalue weighted by molar-refractivity contribution is -0.155. The number of rotatable bonds is 4. The molecule has 0 aromatic rings. The summed E-state index contributed by atoms with van der Waals surface area (Å²) in [6.07, 6.45) is 1.00. The maximum atomic E-state index is 11.4. The smallest absolute Gasteiger partial charge is 0.307 e. The Morgan fingerprint density at radius 1 is 1.44 bits per heavy atom. The second-order valence-electron chi connectivity index (χ2n) is 5.29. The van der Waals surface area contributed by atoms with E-state index in [0.29, 0.717) is 19.4 Å². The fourth-order valence-corrected chi connectivity index (χ4v) is 1.63. The zero-order chi connectivity index (χ0) is 13.8. The van der Waals surface area contributed by atoms with Gasteiger partial charge in [-0.05, 0) is 27.2 Å². The van der Waals surface area contributed by atoms with E-state index in [1.165, 1.54) is 0 Å². The van der Waals surface area contributed by atoms with Crippen LogP contribution in [0.5, 0.6) is 0 Å². The van der Waals surface area contributed by atoms with E-state index in [2.05, 4.69) is 10.6 Å². The van der Waals surface area contributed by atoms with E-state index < -0.39 is 11.6 Å². The van der Waals surface area contributed by atoms with Gasteiger partial charge in [-0.15, -0.1) is 0 Å². The zero-order valence-corrected chi connectivity index (χ0v) is 11.0. The topological polar surface area (TPSA) is 84.5 Å². The standard InChI is InChI=1S/C12H20N2O4/c1-12(2,3)18-10(16)6-7-13-8-4-5-9(15)14-11(8)17/h8,13H,4-7H2,1-3H3,(H,14,15,17). The van der Waals surface area contributed by atoms with Gasteiger partial charge in [0.15, 0.2) is 0 Å². The quantitative estimate of drug-likeness (QED) is 0.551. The van der Waals surface area contributed by atoms with Crippen molar-refractivity contribution in [2.45, 2.75) is 51.7 Å². The Morgan fingerprint density at radius 2 is 2.11 bits per heavy atom. The summed E-state index contributed by atoms with van der Waals surface area (Å²) in [6.45, 7) is 5.77. The monoisotopic (exact) mass is 256 g/mol. The molecule has 1 unspecified atom stereocenters. The first-order chi connectivity index (χ1) is 8.28. The lowest BCUT2D eigenvalue weighted by Crippen LogP contribution is -2.51. The van der Waals surface area contributed by atoms with Gasteiger partial charge in [-0.3, -0.25) is 19.7 Å². The third-order valence-corrected chi connectivity index (χ3v) is 2.38. The van der Waals surface area contributed by atoms with Gasteiger partial charge >= 0.3 is 5.97 Å². The number of ether oxygens (including phenoxy) is 1. The Balaban J connectivity index is 2.24. The molecule has 2 N–H and O–H groups in total. The molecule has 1 atom stereocenters. The molecule has 0 bridgehead atoms. The maximum absolute atomic E-state index is 11.4. The summed E-state index contributed by atoms with van der Waals surface area (Å²) in [4.78, 5) is 33.7. The van der Waals surface area contributed by atoms with Crippen molar-refractivity contribution in [2.75, 3.05) is 6.54 Å². The van der Waals surface area contributed by atoms with E-state index in [-0.39, 0.29) is 24.2 Å². The van der Waals surface area contributed by atoms with Crippen LogP contribution in [0.3, 0.4) is 0 Å². The van der Waals surface area contributed by atoms with Gasteiger partial charge < -0.3 is 10.1 Å². The molecule has 0 radical (unpaired) electrons. The lowest BCUT2D eigenvalue weighted by atomic mass is 10.1. The first-order valence-electron chi connectivity index (χ1n) is 6.07. The average Bonchev–Trinajstić information content (AvgIpc) is 2.18. The van der Waals surface area contributed by atoms with Crippen molar-refractivity contribution < 1.29 is 19.1 Å². The van der Waals surface area contributed by atoms with Crippen molar-refractivity contribution in [1.82, 2.24) is 10.6 Å². The van der Waals surface area contributed by atoms with Gasteiger partial charge in [-0.2, -0.15) is 0 Å². The Kier molecular flexibility index (Phi) is 4.84. The Morgan fingerprint density at radius 3 is 2.67 bits per heavy atom. The van der Waals surface area contributed by atoms with E-state index >= 15 is 0 Å². The van der Waals surface area contributed by atoms with Gasteiger partial charge in [0.25, 0.3) is 0 Å².